The van der Waals surface area contributed by atoms with Crippen LogP contribution in [-0.2, 0) is 4.74 Å². The Kier molecular flexibility index (Phi) is 5.05. The second kappa shape index (κ2) is 6.36. The van der Waals surface area contributed by atoms with Gasteiger partial charge < -0.3 is 15.0 Å². The van der Waals surface area contributed by atoms with E-state index >= 15 is 0 Å². The molecule has 2 rings (SSSR count). The minimum Gasteiger partial charge on any atom is -0.375 e. The highest BCUT2D eigenvalue weighted by atomic mass is 16.5. The third kappa shape index (κ3) is 3.69. The Morgan fingerprint density at radius 3 is 2.83 bits per heavy atom. The molecule has 0 aromatic heterocycles. The summed E-state index contributed by atoms with van der Waals surface area (Å²) in [5, 5.41) is 3.79. The van der Waals surface area contributed by atoms with Crippen LogP contribution >= 0.6 is 0 Å². The average Bonchev–Trinajstić information content (AvgIpc) is 2.85. The van der Waals surface area contributed by atoms with E-state index < -0.39 is 0 Å². The molecule has 3 nitrogen and oxygen atoms in total. The molecule has 0 bridgehead atoms. The van der Waals surface area contributed by atoms with E-state index in [0.717, 1.165) is 18.9 Å². The molecule has 3 atom stereocenters. The fourth-order valence-electron chi connectivity index (χ4n) is 3.25. The molecule has 1 N–H and O–H groups in total. The van der Waals surface area contributed by atoms with Gasteiger partial charge in [-0.2, -0.15) is 0 Å². The first-order chi connectivity index (χ1) is 8.65. The predicted octanol–water partition coefficient (Wildman–Crippen LogP) is 2.27. The summed E-state index contributed by atoms with van der Waals surface area (Å²) in [6.07, 6.45) is 4.85. The molecule has 106 valence electrons. The summed E-state index contributed by atoms with van der Waals surface area (Å²) in [7, 11) is 0. The van der Waals surface area contributed by atoms with Gasteiger partial charge in [0.15, 0.2) is 0 Å². The van der Waals surface area contributed by atoms with Crippen molar-refractivity contribution < 1.29 is 4.74 Å². The monoisotopic (exact) mass is 254 g/mol. The van der Waals surface area contributed by atoms with Gasteiger partial charge in [0, 0.05) is 19.2 Å². The van der Waals surface area contributed by atoms with Crippen molar-refractivity contribution in [3.05, 3.63) is 0 Å². The lowest BCUT2D eigenvalue weighted by Gasteiger charge is -2.38. The quantitative estimate of drug-likeness (QED) is 0.814. The number of nitrogens with one attached hydrogen (secondary N) is 1. The van der Waals surface area contributed by atoms with Crippen LogP contribution in [-0.4, -0.2) is 49.3 Å². The van der Waals surface area contributed by atoms with Crippen molar-refractivity contribution >= 4 is 0 Å². The van der Waals surface area contributed by atoms with Crippen LogP contribution in [0, 0.1) is 5.92 Å². The van der Waals surface area contributed by atoms with E-state index in [-0.39, 0.29) is 5.60 Å². The van der Waals surface area contributed by atoms with Gasteiger partial charge in [0.2, 0.25) is 0 Å². The molecule has 18 heavy (non-hydrogen) atoms. The first-order valence-electron chi connectivity index (χ1n) is 7.75. The molecule has 2 aliphatic heterocycles. The summed E-state index contributed by atoms with van der Waals surface area (Å²) in [4.78, 5) is 2.56. The summed E-state index contributed by atoms with van der Waals surface area (Å²) < 4.78 is 5.90. The number of likely N-dealkylation sites (tertiary alicyclic amines) is 1. The van der Waals surface area contributed by atoms with E-state index in [1.807, 2.05) is 0 Å². The van der Waals surface area contributed by atoms with Crippen molar-refractivity contribution in [2.24, 2.45) is 5.92 Å². The van der Waals surface area contributed by atoms with Crippen molar-refractivity contribution in [2.45, 2.75) is 58.1 Å². The lowest BCUT2D eigenvalue weighted by molar-refractivity contribution is -0.0781. The van der Waals surface area contributed by atoms with Crippen LogP contribution in [0.5, 0.6) is 0 Å². The van der Waals surface area contributed by atoms with Gasteiger partial charge >= 0.3 is 0 Å². The SMILES string of the molecule is CCN1CCC(CNC2CCOC(C)(CC)C2)C1. The molecule has 3 unspecified atom stereocenters. The Morgan fingerprint density at radius 2 is 2.17 bits per heavy atom. The molecule has 0 saturated carbocycles. The van der Waals surface area contributed by atoms with Crippen LogP contribution in [0.25, 0.3) is 0 Å². The first-order valence-corrected chi connectivity index (χ1v) is 7.75. The maximum atomic E-state index is 5.90. The Morgan fingerprint density at radius 1 is 1.33 bits per heavy atom. The van der Waals surface area contributed by atoms with Crippen LogP contribution in [0.15, 0.2) is 0 Å². The van der Waals surface area contributed by atoms with Gasteiger partial charge in [-0.25, -0.2) is 0 Å². The molecule has 0 aromatic carbocycles. The van der Waals surface area contributed by atoms with Gasteiger partial charge in [-0.1, -0.05) is 13.8 Å². The Balaban J connectivity index is 1.70. The van der Waals surface area contributed by atoms with E-state index in [0.29, 0.717) is 6.04 Å². The summed E-state index contributed by atoms with van der Waals surface area (Å²) in [5.41, 5.74) is 0.112. The highest BCUT2D eigenvalue weighted by Crippen LogP contribution is 2.28. The van der Waals surface area contributed by atoms with E-state index in [2.05, 4.69) is 31.0 Å². The Bertz CT molecular complexity index is 259. The number of ether oxygens (including phenoxy) is 1. The van der Waals surface area contributed by atoms with Gasteiger partial charge in [0.1, 0.15) is 0 Å². The van der Waals surface area contributed by atoms with Crippen molar-refractivity contribution in [3.63, 3.8) is 0 Å². The fourth-order valence-corrected chi connectivity index (χ4v) is 3.25. The van der Waals surface area contributed by atoms with Crippen LogP contribution in [0.1, 0.15) is 46.5 Å². The molecule has 0 amide bonds. The molecular weight excluding hydrogens is 224 g/mol. The zero-order valence-corrected chi connectivity index (χ0v) is 12.4. The van der Waals surface area contributed by atoms with Crippen LogP contribution < -0.4 is 5.32 Å². The molecule has 2 heterocycles. The van der Waals surface area contributed by atoms with Gasteiger partial charge in [-0.3, -0.25) is 0 Å². The number of rotatable bonds is 5. The standard InChI is InChI=1S/C15H30N2O/c1-4-15(3)10-14(7-9-18-15)16-11-13-6-8-17(5-2)12-13/h13-14,16H,4-12H2,1-3H3. The zero-order valence-electron chi connectivity index (χ0n) is 12.4. The smallest absolute Gasteiger partial charge is 0.0666 e. The summed E-state index contributed by atoms with van der Waals surface area (Å²) >= 11 is 0. The summed E-state index contributed by atoms with van der Waals surface area (Å²) in [6, 6.07) is 0.666. The maximum absolute atomic E-state index is 5.90. The van der Waals surface area contributed by atoms with Crippen molar-refractivity contribution in [1.29, 1.82) is 0 Å². The normalized spacial score (nSPS) is 38.2. The topological polar surface area (TPSA) is 24.5 Å². The van der Waals surface area contributed by atoms with E-state index in [1.165, 1.54) is 45.4 Å². The van der Waals surface area contributed by atoms with Crippen LogP contribution in [0.4, 0.5) is 0 Å². The van der Waals surface area contributed by atoms with Gasteiger partial charge in [-0.05, 0) is 58.2 Å². The number of hydrogen-bond acceptors (Lipinski definition) is 3. The number of nitrogens with zero attached hydrogens (tertiary/aromatic N) is 1. The van der Waals surface area contributed by atoms with Gasteiger partial charge in [0.25, 0.3) is 0 Å². The maximum Gasteiger partial charge on any atom is 0.0666 e. The minimum absolute atomic E-state index is 0.112. The highest BCUT2D eigenvalue weighted by molar-refractivity contribution is 4.86. The molecular formula is C15H30N2O. The summed E-state index contributed by atoms with van der Waals surface area (Å²) in [6.45, 7) is 12.7. The van der Waals surface area contributed by atoms with Crippen molar-refractivity contribution in [1.82, 2.24) is 10.2 Å². The van der Waals surface area contributed by atoms with Gasteiger partial charge in [0.05, 0.1) is 5.60 Å². The van der Waals surface area contributed by atoms with E-state index in [9.17, 15) is 0 Å². The summed E-state index contributed by atoms with van der Waals surface area (Å²) in [5.74, 6) is 0.862. The predicted molar refractivity (Wildman–Crippen MR) is 75.9 cm³/mol. The van der Waals surface area contributed by atoms with E-state index in [1.54, 1.807) is 0 Å². The van der Waals surface area contributed by atoms with Crippen molar-refractivity contribution in [2.75, 3.05) is 32.8 Å². The molecule has 0 spiro atoms. The van der Waals surface area contributed by atoms with Crippen LogP contribution in [0.2, 0.25) is 0 Å². The lowest BCUT2D eigenvalue weighted by Crippen LogP contribution is -2.46. The van der Waals surface area contributed by atoms with Crippen LogP contribution in [0.3, 0.4) is 0 Å². The fraction of sp³-hybridized carbons (Fsp3) is 1.00. The Labute approximate surface area is 112 Å². The molecule has 3 heteroatoms. The minimum atomic E-state index is 0.112. The number of hydrogen-bond donors (Lipinski definition) is 1. The second-order valence-electron chi connectivity index (χ2n) is 6.30. The molecule has 2 aliphatic rings. The largest absolute Gasteiger partial charge is 0.375 e. The third-order valence-electron chi connectivity index (χ3n) is 4.86. The molecule has 0 aromatic rings. The molecule has 0 radical (unpaired) electrons. The first kappa shape index (κ1) is 14.3. The van der Waals surface area contributed by atoms with Gasteiger partial charge in [-0.15, -0.1) is 0 Å². The lowest BCUT2D eigenvalue weighted by atomic mass is 9.89. The highest BCUT2D eigenvalue weighted by Gasteiger charge is 2.32. The second-order valence-corrected chi connectivity index (χ2v) is 6.30. The Hall–Kier alpha value is -0.120. The molecule has 2 saturated heterocycles. The molecule has 0 aliphatic carbocycles. The third-order valence-corrected chi connectivity index (χ3v) is 4.86. The zero-order chi connectivity index (χ0) is 13.0. The van der Waals surface area contributed by atoms with E-state index in [4.69, 9.17) is 4.74 Å². The van der Waals surface area contributed by atoms with Crippen molar-refractivity contribution in [3.8, 4) is 0 Å². The average molecular weight is 254 g/mol. The molecule has 2 fully saturated rings.